The zero-order valence-corrected chi connectivity index (χ0v) is 13.8. The number of hydrogen-bond donors (Lipinski definition) is 2. The zero-order valence-electron chi connectivity index (χ0n) is 13.0. The Kier molecular flexibility index (Phi) is 5.18. The summed E-state index contributed by atoms with van der Waals surface area (Å²) in [7, 11) is 0. The van der Waals surface area contributed by atoms with E-state index in [1.807, 2.05) is 31.4 Å². The molecule has 120 valence electrons. The molecule has 22 heavy (non-hydrogen) atoms. The summed E-state index contributed by atoms with van der Waals surface area (Å²) < 4.78 is 0. The number of amides is 2. The number of nitrogens with zero attached hydrogens (tertiary/aromatic N) is 1. The summed E-state index contributed by atoms with van der Waals surface area (Å²) in [6, 6.07) is 3.99. The van der Waals surface area contributed by atoms with Gasteiger partial charge in [0.05, 0.1) is 4.88 Å². The van der Waals surface area contributed by atoms with Crippen molar-refractivity contribution < 1.29 is 14.4 Å². The molecule has 0 radical (unpaired) electrons. The highest BCUT2D eigenvalue weighted by molar-refractivity contribution is 7.12. The van der Waals surface area contributed by atoms with Crippen LogP contribution >= 0.6 is 11.3 Å². The van der Waals surface area contributed by atoms with Crippen LogP contribution in [-0.2, 0) is 14.4 Å². The number of oxime groups is 1. The van der Waals surface area contributed by atoms with Crippen LogP contribution in [0.15, 0.2) is 22.7 Å². The topological polar surface area (TPSA) is 79.8 Å². The lowest BCUT2D eigenvalue weighted by molar-refractivity contribution is -0.141. The predicted octanol–water partition coefficient (Wildman–Crippen LogP) is 1.66. The van der Waals surface area contributed by atoms with E-state index in [4.69, 9.17) is 4.84 Å². The molecule has 1 aliphatic rings. The lowest BCUT2D eigenvalue weighted by atomic mass is 9.98. The largest absolute Gasteiger partial charge is 0.379 e. The molecule has 1 aliphatic heterocycles. The van der Waals surface area contributed by atoms with E-state index in [9.17, 15) is 9.59 Å². The second-order valence-corrected chi connectivity index (χ2v) is 6.69. The molecule has 1 unspecified atom stereocenters. The smallest absolute Gasteiger partial charge is 0.267 e. The Morgan fingerprint density at radius 2 is 2.27 bits per heavy atom. The average Bonchev–Trinajstić information content (AvgIpc) is 3.07. The summed E-state index contributed by atoms with van der Waals surface area (Å²) >= 11 is 1.56. The van der Waals surface area contributed by atoms with Gasteiger partial charge in [0, 0.05) is 25.4 Å². The molecule has 2 amide bonds. The van der Waals surface area contributed by atoms with Crippen LogP contribution in [0.1, 0.15) is 38.5 Å². The summed E-state index contributed by atoms with van der Waals surface area (Å²) in [6.07, 6.45) is 0.677. The van der Waals surface area contributed by atoms with Gasteiger partial charge >= 0.3 is 0 Å². The maximum atomic E-state index is 12.2. The summed E-state index contributed by atoms with van der Waals surface area (Å²) in [5, 5.41) is 11.5. The minimum Gasteiger partial charge on any atom is -0.379 e. The van der Waals surface area contributed by atoms with E-state index < -0.39 is 5.60 Å². The first kappa shape index (κ1) is 16.5. The Bertz CT molecular complexity index is 569. The minimum absolute atomic E-state index is 0.0803. The number of nitrogens with one attached hydrogen (secondary N) is 2. The molecular formula is C15H21N3O3S. The normalized spacial score (nSPS) is 20.5. The van der Waals surface area contributed by atoms with Crippen LogP contribution in [0.2, 0.25) is 0 Å². The van der Waals surface area contributed by atoms with Crippen molar-refractivity contribution >= 4 is 28.9 Å². The number of thiophene rings is 1. The summed E-state index contributed by atoms with van der Waals surface area (Å²) in [5.41, 5.74) is -0.224. The van der Waals surface area contributed by atoms with Crippen molar-refractivity contribution in [3.63, 3.8) is 0 Å². The fourth-order valence-electron chi connectivity index (χ4n) is 2.11. The van der Waals surface area contributed by atoms with Gasteiger partial charge in [-0.3, -0.25) is 9.59 Å². The molecule has 2 N–H and O–H groups in total. The fraction of sp³-hybridized carbons (Fsp3) is 0.533. The van der Waals surface area contributed by atoms with Gasteiger partial charge in [-0.05, 0) is 32.2 Å². The quantitative estimate of drug-likeness (QED) is 0.835. The van der Waals surface area contributed by atoms with Gasteiger partial charge in [0.1, 0.15) is 5.71 Å². The number of carbonyl (C=O) groups excluding carboxylic acids is 2. The number of rotatable bonds is 6. The Labute approximate surface area is 133 Å². The van der Waals surface area contributed by atoms with Gasteiger partial charge in [0.25, 0.3) is 5.91 Å². The first-order valence-corrected chi connectivity index (χ1v) is 8.15. The molecule has 1 aromatic rings. The highest BCUT2D eigenvalue weighted by Crippen LogP contribution is 2.28. The van der Waals surface area contributed by atoms with E-state index in [0.29, 0.717) is 6.42 Å². The molecule has 0 aromatic carbocycles. The van der Waals surface area contributed by atoms with Gasteiger partial charge in [0.2, 0.25) is 11.5 Å². The minimum atomic E-state index is -1.01. The van der Waals surface area contributed by atoms with Crippen molar-refractivity contribution in [2.75, 3.05) is 6.54 Å². The van der Waals surface area contributed by atoms with Crippen molar-refractivity contribution in [2.45, 2.75) is 45.3 Å². The van der Waals surface area contributed by atoms with Crippen LogP contribution in [-0.4, -0.2) is 35.7 Å². The van der Waals surface area contributed by atoms with Gasteiger partial charge in [-0.1, -0.05) is 11.2 Å². The van der Waals surface area contributed by atoms with Gasteiger partial charge in [-0.2, -0.15) is 0 Å². The molecule has 1 atom stereocenters. The SMILES string of the molecule is CC(C)NC(=O)CCNC(=O)C1(C)CC(c2cccs2)=NO1. The maximum Gasteiger partial charge on any atom is 0.267 e. The van der Waals surface area contributed by atoms with Crippen LogP contribution in [0, 0.1) is 0 Å². The number of hydrogen-bond acceptors (Lipinski definition) is 5. The lowest BCUT2D eigenvalue weighted by Crippen LogP contribution is -2.45. The van der Waals surface area contributed by atoms with Crippen molar-refractivity contribution in [3.05, 3.63) is 22.4 Å². The van der Waals surface area contributed by atoms with Gasteiger partial charge in [-0.15, -0.1) is 11.3 Å². The third-order valence-corrected chi connectivity index (χ3v) is 4.15. The van der Waals surface area contributed by atoms with Gasteiger partial charge in [0.15, 0.2) is 0 Å². The predicted molar refractivity (Wildman–Crippen MR) is 85.9 cm³/mol. The van der Waals surface area contributed by atoms with Crippen molar-refractivity contribution in [2.24, 2.45) is 5.16 Å². The molecule has 1 aromatic heterocycles. The van der Waals surface area contributed by atoms with E-state index in [0.717, 1.165) is 10.6 Å². The standard InChI is InChI=1S/C15H21N3O3S/c1-10(2)17-13(19)6-7-16-14(20)15(3)9-11(18-21-15)12-5-4-8-22-12/h4-5,8,10H,6-7,9H2,1-3H3,(H,16,20)(H,17,19). The van der Waals surface area contributed by atoms with Crippen LogP contribution in [0.5, 0.6) is 0 Å². The monoisotopic (exact) mass is 323 g/mol. The maximum absolute atomic E-state index is 12.2. The first-order valence-electron chi connectivity index (χ1n) is 7.27. The fourth-order valence-corrected chi connectivity index (χ4v) is 2.81. The molecule has 0 bridgehead atoms. The van der Waals surface area contributed by atoms with Crippen LogP contribution in [0.3, 0.4) is 0 Å². The molecule has 0 fully saturated rings. The third kappa shape index (κ3) is 4.07. The molecule has 0 saturated carbocycles. The molecule has 0 spiro atoms. The average molecular weight is 323 g/mol. The van der Waals surface area contributed by atoms with E-state index in [1.54, 1.807) is 18.3 Å². The Balaban J connectivity index is 1.80. The lowest BCUT2D eigenvalue weighted by Gasteiger charge is -2.20. The molecule has 2 heterocycles. The first-order chi connectivity index (χ1) is 10.4. The molecule has 7 heteroatoms. The molecule has 2 rings (SSSR count). The second kappa shape index (κ2) is 6.91. The molecular weight excluding hydrogens is 302 g/mol. The highest BCUT2D eigenvalue weighted by atomic mass is 32.1. The van der Waals surface area contributed by atoms with Gasteiger partial charge < -0.3 is 15.5 Å². The molecule has 0 aliphatic carbocycles. The van der Waals surface area contributed by atoms with Crippen LogP contribution in [0.4, 0.5) is 0 Å². The third-order valence-electron chi connectivity index (χ3n) is 3.24. The zero-order chi connectivity index (χ0) is 16.2. The molecule has 6 nitrogen and oxygen atoms in total. The Morgan fingerprint density at radius 3 is 2.91 bits per heavy atom. The van der Waals surface area contributed by atoms with E-state index in [1.165, 1.54) is 0 Å². The van der Waals surface area contributed by atoms with Crippen molar-refractivity contribution in [1.82, 2.24) is 10.6 Å². The number of carbonyl (C=O) groups is 2. The van der Waals surface area contributed by atoms with Crippen LogP contribution < -0.4 is 10.6 Å². The Morgan fingerprint density at radius 1 is 1.50 bits per heavy atom. The second-order valence-electron chi connectivity index (χ2n) is 5.74. The van der Waals surface area contributed by atoms with E-state index in [-0.39, 0.29) is 30.8 Å². The highest BCUT2D eigenvalue weighted by Gasteiger charge is 2.42. The summed E-state index contributed by atoms with van der Waals surface area (Å²) in [4.78, 5) is 30.1. The van der Waals surface area contributed by atoms with Gasteiger partial charge in [-0.25, -0.2) is 0 Å². The van der Waals surface area contributed by atoms with Crippen molar-refractivity contribution in [3.8, 4) is 0 Å². The van der Waals surface area contributed by atoms with E-state index >= 15 is 0 Å². The summed E-state index contributed by atoms with van der Waals surface area (Å²) in [5.74, 6) is -0.330. The molecule has 0 saturated heterocycles. The van der Waals surface area contributed by atoms with E-state index in [2.05, 4.69) is 15.8 Å². The Hall–Kier alpha value is -1.89. The summed E-state index contributed by atoms with van der Waals surface area (Å²) in [6.45, 7) is 5.78. The van der Waals surface area contributed by atoms with Crippen LogP contribution in [0.25, 0.3) is 0 Å². The van der Waals surface area contributed by atoms with Crippen molar-refractivity contribution in [1.29, 1.82) is 0 Å².